The third-order valence-corrected chi connectivity index (χ3v) is 7.96. The minimum atomic E-state index is -3.61. The Morgan fingerprint density at radius 3 is 2.53 bits per heavy atom. The van der Waals surface area contributed by atoms with E-state index in [0.717, 1.165) is 31.2 Å². The number of amides is 2. The largest absolute Gasteiger partial charge is 0.350 e. The van der Waals surface area contributed by atoms with E-state index in [-0.39, 0.29) is 23.1 Å². The number of carbonyl (C=O) groups is 2. The van der Waals surface area contributed by atoms with Crippen LogP contribution < -0.4 is 10.2 Å². The molecule has 9 heteroatoms. The zero-order valence-corrected chi connectivity index (χ0v) is 19.0. The highest BCUT2D eigenvalue weighted by atomic mass is 32.2. The van der Waals surface area contributed by atoms with Gasteiger partial charge >= 0.3 is 0 Å². The van der Waals surface area contributed by atoms with E-state index in [4.69, 9.17) is 0 Å². The molecule has 0 unspecified atom stereocenters. The van der Waals surface area contributed by atoms with Gasteiger partial charge in [0.1, 0.15) is 6.04 Å². The Labute approximate surface area is 188 Å². The predicted molar refractivity (Wildman–Crippen MR) is 120 cm³/mol. The van der Waals surface area contributed by atoms with Gasteiger partial charge in [-0.15, -0.1) is 0 Å². The van der Waals surface area contributed by atoms with E-state index < -0.39 is 16.1 Å². The fourth-order valence-corrected chi connectivity index (χ4v) is 6.00. The Kier molecular flexibility index (Phi) is 6.57. The molecule has 1 N–H and O–H groups in total. The lowest BCUT2D eigenvalue weighted by Gasteiger charge is -2.23. The Balaban J connectivity index is 1.55. The summed E-state index contributed by atoms with van der Waals surface area (Å²) in [4.78, 5) is 31.0. The second-order valence-corrected chi connectivity index (χ2v) is 10.2. The van der Waals surface area contributed by atoms with Crippen LogP contribution in [-0.4, -0.2) is 48.7 Å². The van der Waals surface area contributed by atoms with Crippen LogP contribution in [0.3, 0.4) is 0 Å². The lowest BCUT2D eigenvalue weighted by Crippen LogP contribution is -2.47. The first-order valence-electron chi connectivity index (χ1n) is 11.0. The summed E-state index contributed by atoms with van der Waals surface area (Å²) < 4.78 is 27.9. The molecule has 1 fully saturated rings. The summed E-state index contributed by atoms with van der Waals surface area (Å²) in [5.41, 5.74) is 2.14. The Morgan fingerprint density at radius 1 is 1.12 bits per heavy atom. The maximum Gasteiger partial charge on any atom is 0.243 e. The van der Waals surface area contributed by atoms with Crippen molar-refractivity contribution in [1.29, 1.82) is 0 Å². The molecular formula is C23H28N4O4S. The van der Waals surface area contributed by atoms with Gasteiger partial charge in [-0.1, -0.05) is 18.9 Å². The first-order chi connectivity index (χ1) is 15.4. The van der Waals surface area contributed by atoms with Crippen LogP contribution in [0.25, 0.3) is 0 Å². The molecule has 0 radical (unpaired) electrons. The van der Waals surface area contributed by atoms with Gasteiger partial charge in [0.2, 0.25) is 21.8 Å². The standard InChI is InChI=1S/C23H28N4O4S/c1-17(28)27-21-9-8-20(32(30,31)26-11-4-2-3-5-12-26)13-19(21)14-22(27)23(29)25-16-18-7-6-10-24-15-18/h6-10,13,15,22H,2-5,11-12,14,16H2,1H3,(H,25,29)/t22-/m0/s1. The Bertz CT molecular complexity index is 1100. The fourth-order valence-electron chi connectivity index (χ4n) is 4.43. The van der Waals surface area contributed by atoms with Gasteiger partial charge < -0.3 is 5.32 Å². The second-order valence-electron chi connectivity index (χ2n) is 8.30. The van der Waals surface area contributed by atoms with Crippen LogP contribution in [0.15, 0.2) is 47.6 Å². The van der Waals surface area contributed by atoms with Crippen LogP contribution in [0.2, 0.25) is 0 Å². The molecule has 2 aliphatic rings. The molecule has 0 spiro atoms. The molecule has 1 aromatic heterocycles. The zero-order valence-electron chi connectivity index (χ0n) is 18.2. The lowest BCUT2D eigenvalue weighted by atomic mass is 10.1. The summed E-state index contributed by atoms with van der Waals surface area (Å²) in [5.74, 6) is -0.536. The monoisotopic (exact) mass is 456 g/mol. The van der Waals surface area contributed by atoms with E-state index in [1.54, 1.807) is 41.0 Å². The van der Waals surface area contributed by atoms with E-state index in [1.165, 1.54) is 11.8 Å². The van der Waals surface area contributed by atoms with Crippen molar-refractivity contribution in [3.8, 4) is 0 Å². The van der Waals surface area contributed by atoms with Crippen molar-refractivity contribution in [1.82, 2.24) is 14.6 Å². The average Bonchev–Trinajstić information content (AvgIpc) is 2.96. The summed E-state index contributed by atoms with van der Waals surface area (Å²) in [6.07, 6.45) is 7.42. The van der Waals surface area contributed by atoms with Crippen LogP contribution in [0.1, 0.15) is 43.7 Å². The number of pyridine rings is 1. The van der Waals surface area contributed by atoms with Crippen LogP contribution >= 0.6 is 0 Å². The van der Waals surface area contributed by atoms with Gasteiger partial charge in [0, 0.05) is 51.1 Å². The Hall–Kier alpha value is -2.78. The van der Waals surface area contributed by atoms with Gasteiger partial charge in [-0.05, 0) is 48.2 Å². The van der Waals surface area contributed by atoms with Crippen molar-refractivity contribution in [2.45, 2.75) is 56.5 Å². The van der Waals surface area contributed by atoms with E-state index in [0.29, 0.717) is 30.9 Å². The number of hydrogen-bond donors (Lipinski definition) is 1. The molecule has 1 aromatic carbocycles. The van der Waals surface area contributed by atoms with Gasteiger partial charge in [0.05, 0.1) is 4.90 Å². The molecular weight excluding hydrogens is 428 g/mol. The summed E-state index contributed by atoms with van der Waals surface area (Å²) in [6, 6.07) is 7.76. The quantitative estimate of drug-likeness (QED) is 0.744. The number of anilines is 1. The molecule has 8 nitrogen and oxygen atoms in total. The third kappa shape index (κ3) is 4.54. The van der Waals surface area contributed by atoms with E-state index in [2.05, 4.69) is 10.3 Å². The zero-order chi connectivity index (χ0) is 22.7. The predicted octanol–water partition coefficient (Wildman–Crippen LogP) is 2.24. The molecule has 0 saturated carbocycles. The number of aromatic nitrogens is 1. The number of hydrogen-bond acceptors (Lipinski definition) is 5. The SMILES string of the molecule is CC(=O)N1c2ccc(S(=O)(=O)N3CCCCCC3)cc2C[C@H]1C(=O)NCc1cccnc1. The van der Waals surface area contributed by atoms with E-state index in [9.17, 15) is 18.0 Å². The van der Waals surface area contributed by atoms with Gasteiger partial charge in [-0.25, -0.2) is 8.42 Å². The van der Waals surface area contributed by atoms with Gasteiger partial charge in [0.15, 0.2) is 0 Å². The molecule has 0 bridgehead atoms. The first-order valence-corrected chi connectivity index (χ1v) is 12.4. The minimum absolute atomic E-state index is 0.220. The van der Waals surface area contributed by atoms with E-state index >= 15 is 0 Å². The number of benzene rings is 1. The van der Waals surface area contributed by atoms with E-state index in [1.807, 2.05) is 6.07 Å². The topological polar surface area (TPSA) is 99.7 Å². The number of sulfonamides is 1. The number of nitrogens with one attached hydrogen (secondary N) is 1. The molecule has 1 atom stereocenters. The Morgan fingerprint density at radius 2 is 1.88 bits per heavy atom. The van der Waals surface area contributed by atoms with Crippen molar-refractivity contribution >= 4 is 27.5 Å². The highest BCUT2D eigenvalue weighted by Crippen LogP contribution is 2.35. The molecule has 3 heterocycles. The first kappa shape index (κ1) is 22.4. The van der Waals surface area contributed by atoms with Gasteiger partial charge in [-0.2, -0.15) is 4.31 Å². The molecule has 0 aliphatic carbocycles. The minimum Gasteiger partial charge on any atom is -0.350 e. The summed E-state index contributed by atoms with van der Waals surface area (Å²) in [7, 11) is -3.61. The number of nitrogens with zero attached hydrogens (tertiary/aromatic N) is 3. The number of fused-ring (bicyclic) bond motifs is 1. The van der Waals surface area contributed by atoms with Crippen molar-refractivity contribution in [2.24, 2.45) is 0 Å². The maximum atomic E-state index is 13.2. The number of rotatable bonds is 5. The molecule has 2 amide bonds. The molecule has 32 heavy (non-hydrogen) atoms. The molecule has 170 valence electrons. The van der Waals surface area contributed by atoms with Crippen LogP contribution in [-0.2, 0) is 32.6 Å². The van der Waals surface area contributed by atoms with Gasteiger partial charge in [-0.3, -0.25) is 19.5 Å². The smallest absolute Gasteiger partial charge is 0.243 e. The lowest BCUT2D eigenvalue weighted by molar-refractivity contribution is -0.125. The third-order valence-electron chi connectivity index (χ3n) is 6.07. The highest BCUT2D eigenvalue weighted by molar-refractivity contribution is 7.89. The van der Waals surface area contributed by atoms with Crippen LogP contribution in [0.4, 0.5) is 5.69 Å². The highest BCUT2D eigenvalue weighted by Gasteiger charge is 2.38. The molecule has 1 saturated heterocycles. The molecule has 4 rings (SSSR count). The van der Waals surface area contributed by atoms with Crippen molar-refractivity contribution in [3.05, 3.63) is 53.9 Å². The second kappa shape index (κ2) is 9.38. The van der Waals surface area contributed by atoms with Crippen LogP contribution in [0.5, 0.6) is 0 Å². The summed E-state index contributed by atoms with van der Waals surface area (Å²) in [5, 5.41) is 2.86. The molecule has 2 aromatic rings. The number of carbonyl (C=O) groups excluding carboxylic acids is 2. The maximum absolute atomic E-state index is 13.2. The van der Waals surface area contributed by atoms with Crippen molar-refractivity contribution < 1.29 is 18.0 Å². The summed E-state index contributed by atoms with van der Waals surface area (Å²) >= 11 is 0. The fraction of sp³-hybridized carbons (Fsp3) is 0.435. The molecule has 2 aliphatic heterocycles. The normalized spacial score (nSPS) is 19.3. The van der Waals surface area contributed by atoms with Crippen molar-refractivity contribution in [2.75, 3.05) is 18.0 Å². The summed E-state index contributed by atoms with van der Waals surface area (Å²) in [6.45, 7) is 2.77. The van der Waals surface area contributed by atoms with Crippen molar-refractivity contribution in [3.63, 3.8) is 0 Å². The van der Waals surface area contributed by atoms with Crippen LogP contribution in [0, 0.1) is 0 Å². The van der Waals surface area contributed by atoms with Gasteiger partial charge in [0.25, 0.3) is 0 Å². The average molecular weight is 457 g/mol.